The Morgan fingerprint density at radius 2 is 2.67 bits per heavy atom. The smallest absolute Gasteiger partial charge is 0.250 e. The molecule has 1 heterocycles. The van der Waals surface area contributed by atoms with E-state index in [-0.39, 0.29) is 0 Å². The van der Waals surface area contributed by atoms with Crippen molar-refractivity contribution >= 4 is 8.18 Å². The van der Waals surface area contributed by atoms with Crippen LogP contribution in [0.1, 0.15) is 6.42 Å². The van der Waals surface area contributed by atoms with Crippen molar-refractivity contribution in [2.45, 2.75) is 12.6 Å². The number of rotatable bonds is 1. The predicted molar refractivity (Wildman–Crippen MR) is 28.8 cm³/mol. The fourth-order valence-electron chi connectivity index (χ4n) is 0.538. The highest BCUT2D eigenvalue weighted by Crippen LogP contribution is 2.23. The molecule has 0 aromatic rings. The zero-order chi connectivity index (χ0) is 6.69. The summed E-state index contributed by atoms with van der Waals surface area (Å²) in [5, 5.41) is 10.4. The van der Waals surface area contributed by atoms with Gasteiger partial charge in [0.25, 0.3) is 0 Å². The lowest BCUT2D eigenvalue weighted by molar-refractivity contribution is -0.285. The van der Waals surface area contributed by atoms with E-state index < -0.39 is 14.4 Å². The molecule has 9 heavy (non-hydrogen) atoms. The van der Waals surface area contributed by atoms with Gasteiger partial charge in [-0.3, -0.25) is 5.26 Å². The molecule has 0 aromatic carbocycles. The molecule has 2 unspecified atom stereocenters. The maximum absolute atomic E-state index is 10.5. The zero-order valence-corrected chi connectivity index (χ0v) is 5.51. The molecule has 1 saturated heterocycles. The molecule has 52 valence electrons. The fourth-order valence-corrected chi connectivity index (χ4v) is 1.30. The number of hydrogen-bond donors (Lipinski definition) is 2. The van der Waals surface area contributed by atoms with Crippen molar-refractivity contribution in [2.24, 2.45) is 0 Å². The van der Waals surface area contributed by atoms with E-state index in [2.05, 4.69) is 14.5 Å². The van der Waals surface area contributed by atoms with Crippen LogP contribution in [0.2, 0.25) is 0 Å². The van der Waals surface area contributed by atoms with Crippen molar-refractivity contribution < 1.29 is 19.2 Å². The first-order chi connectivity index (χ1) is 4.33. The van der Waals surface area contributed by atoms with Crippen molar-refractivity contribution in [3.05, 3.63) is 0 Å². The van der Waals surface area contributed by atoms with Crippen LogP contribution in [-0.2, 0) is 14.0 Å². The number of nitrogens with one attached hydrogen (secondary N) is 1. The van der Waals surface area contributed by atoms with Gasteiger partial charge in [0.2, 0.25) is 0 Å². The monoisotopic (exact) mass is 152 g/mol. The summed E-state index contributed by atoms with van der Waals surface area (Å²) < 4.78 is 15.1. The molecule has 0 spiro atoms. The lowest BCUT2D eigenvalue weighted by atomic mass is 10.4. The van der Waals surface area contributed by atoms with Gasteiger partial charge in [0, 0.05) is 6.42 Å². The fraction of sp³-hybridized carbons (Fsp3) is 1.00. The molecule has 1 aliphatic heterocycles. The van der Waals surface area contributed by atoms with Crippen LogP contribution in [0.5, 0.6) is 0 Å². The van der Waals surface area contributed by atoms with Crippen molar-refractivity contribution in [3.63, 3.8) is 0 Å². The average Bonchev–Trinajstić information content (AvgIpc) is 1.88. The molecular weight excluding hydrogens is 145 g/mol. The van der Waals surface area contributed by atoms with Crippen LogP contribution in [0.4, 0.5) is 0 Å². The summed E-state index contributed by atoms with van der Waals surface area (Å²) in [6.45, 7) is 0.355. The minimum absolute atomic E-state index is 0.355. The van der Waals surface area contributed by atoms with E-state index in [0.29, 0.717) is 13.0 Å². The first-order valence-corrected chi connectivity index (χ1v) is 3.67. The Morgan fingerprint density at radius 1 is 1.89 bits per heavy atom. The highest BCUT2D eigenvalue weighted by atomic mass is 31.1. The van der Waals surface area contributed by atoms with Gasteiger partial charge < -0.3 is 0 Å². The van der Waals surface area contributed by atoms with E-state index in [9.17, 15) is 4.57 Å². The molecule has 0 bridgehead atoms. The standard InChI is InChI=1S/C3H6NO4P/c5-8-3-1-2-7-9(6)4-3/h3H,1-2H2,(H-,4,5,6)/p+1. The van der Waals surface area contributed by atoms with Crippen molar-refractivity contribution in [3.8, 4) is 0 Å². The van der Waals surface area contributed by atoms with Crippen molar-refractivity contribution in [1.82, 2.24) is 5.09 Å². The van der Waals surface area contributed by atoms with Crippen LogP contribution in [0.3, 0.4) is 0 Å². The lowest BCUT2D eigenvalue weighted by Gasteiger charge is -2.09. The Kier molecular flexibility index (Phi) is 2.50. The highest BCUT2D eigenvalue weighted by Gasteiger charge is 2.30. The summed E-state index contributed by atoms with van der Waals surface area (Å²) in [7, 11) is -1.82. The molecule has 6 heteroatoms. The van der Waals surface area contributed by atoms with E-state index in [1.54, 1.807) is 0 Å². The van der Waals surface area contributed by atoms with Crippen LogP contribution in [-0.4, -0.2) is 18.1 Å². The van der Waals surface area contributed by atoms with E-state index in [1.165, 1.54) is 0 Å². The zero-order valence-electron chi connectivity index (χ0n) is 4.61. The molecule has 0 radical (unpaired) electrons. The van der Waals surface area contributed by atoms with E-state index >= 15 is 0 Å². The largest absolute Gasteiger partial charge is 0.615 e. The molecule has 5 nitrogen and oxygen atoms in total. The van der Waals surface area contributed by atoms with Gasteiger partial charge >= 0.3 is 8.18 Å². The summed E-state index contributed by atoms with van der Waals surface area (Å²) in [4.78, 5) is 3.89. The van der Waals surface area contributed by atoms with Gasteiger partial charge in [0.1, 0.15) is 6.61 Å². The Morgan fingerprint density at radius 3 is 3.11 bits per heavy atom. The topological polar surface area (TPSA) is 67.8 Å². The normalized spacial score (nSPS) is 32.6. The Labute approximate surface area is 52.8 Å². The molecule has 1 fully saturated rings. The molecule has 0 aliphatic carbocycles. The molecule has 0 saturated carbocycles. The van der Waals surface area contributed by atoms with Gasteiger partial charge in [-0.05, 0) is 9.65 Å². The third kappa shape index (κ3) is 1.97. The first kappa shape index (κ1) is 7.05. The molecule has 1 aliphatic rings. The van der Waals surface area contributed by atoms with Crippen LogP contribution in [0.15, 0.2) is 0 Å². The average molecular weight is 152 g/mol. The van der Waals surface area contributed by atoms with Crippen LogP contribution in [0, 0.1) is 0 Å². The minimum Gasteiger partial charge on any atom is -0.250 e. The van der Waals surface area contributed by atoms with E-state index in [1.807, 2.05) is 0 Å². The summed E-state index contributed by atoms with van der Waals surface area (Å²) in [5.41, 5.74) is 0. The van der Waals surface area contributed by atoms with Crippen molar-refractivity contribution in [1.29, 1.82) is 0 Å². The molecule has 1 rings (SSSR count). The quantitative estimate of drug-likeness (QED) is 0.324. The Balaban J connectivity index is 2.32. The summed E-state index contributed by atoms with van der Waals surface area (Å²) >= 11 is 0. The van der Waals surface area contributed by atoms with Crippen LogP contribution >= 0.6 is 8.18 Å². The van der Waals surface area contributed by atoms with Gasteiger partial charge in [0.15, 0.2) is 6.23 Å². The maximum atomic E-state index is 10.5. The second-order valence-electron chi connectivity index (χ2n) is 1.60. The van der Waals surface area contributed by atoms with Gasteiger partial charge in [0.05, 0.1) is 0 Å². The summed E-state index contributed by atoms with van der Waals surface area (Å²) in [5.74, 6) is 0. The van der Waals surface area contributed by atoms with Crippen LogP contribution < -0.4 is 5.09 Å². The second kappa shape index (κ2) is 3.20. The third-order valence-electron chi connectivity index (χ3n) is 0.965. The molecule has 0 amide bonds. The van der Waals surface area contributed by atoms with Gasteiger partial charge in [-0.15, -0.1) is 4.52 Å². The third-order valence-corrected chi connectivity index (χ3v) is 1.88. The molecular formula is C3H7NO4P+. The predicted octanol–water partition coefficient (Wildman–Crippen LogP) is 0.469. The molecule has 2 N–H and O–H groups in total. The SMILES string of the molecule is O=[P+]1NC(OO)CCO1. The minimum atomic E-state index is -1.82. The van der Waals surface area contributed by atoms with Crippen molar-refractivity contribution in [2.75, 3.05) is 6.61 Å². The Hall–Kier alpha value is -0.0600. The number of hydrogen-bond acceptors (Lipinski definition) is 4. The van der Waals surface area contributed by atoms with Crippen LogP contribution in [0.25, 0.3) is 0 Å². The summed E-state index contributed by atoms with van der Waals surface area (Å²) in [6.07, 6.45) is -0.0280. The molecule has 2 atom stereocenters. The Bertz CT molecular complexity index is 118. The maximum Gasteiger partial charge on any atom is 0.615 e. The second-order valence-corrected chi connectivity index (χ2v) is 2.63. The van der Waals surface area contributed by atoms with Gasteiger partial charge in [-0.25, -0.2) is 4.89 Å². The van der Waals surface area contributed by atoms with Gasteiger partial charge in [-0.1, -0.05) is 0 Å². The highest BCUT2D eigenvalue weighted by molar-refractivity contribution is 7.36. The first-order valence-electron chi connectivity index (χ1n) is 2.49. The molecule has 0 aromatic heterocycles. The summed E-state index contributed by atoms with van der Waals surface area (Å²) in [6, 6.07) is 0. The van der Waals surface area contributed by atoms with E-state index in [4.69, 9.17) is 5.26 Å². The van der Waals surface area contributed by atoms with Gasteiger partial charge in [-0.2, -0.15) is 0 Å². The van der Waals surface area contributed by atoms with E-state index in [0.717, 1.165) is 0 Å². The lowest BCUT2D eigenvalue weighted by Crippen LogP contribution is -2.30.